The minimum absolute atomic E-state index is 0.0106. The lowest BCUT2D eigenvalue weighted by Gasteiger charge is -2.46. The summed E-state index contributed by atoms with van der Waals surface area (Å²) in [4.78, 5) is 31.1. The number of carbonyl (C=O) groups is 1. The van der Waals surface area contributed by atoms with Crippen LogP contribution in [0.25, 0.3) is 0 Å². The molecule has 2 aliphatic heterocycles. The summed E-state index contributed by atoms with van der Waals surface area (Å²) < 4.78 is 5.45. The second-order valence-electron chi connectivity index (χ2n) is 8.03. The molecule has 0 amide bonds. The average Bonchev–Trinajstić information content (AvgIpc) is 2.52. The van der Waals surface area contributed by atoms with Gasteiger partial charge >= 0.3 is 5.97 Å². The van der Waals surface area contributed by atoms with Crippen molar-refractivity contribution in [3.63, 3.8) is 0 Å². The number of carbonyl (C=O) groups excluding carboxylic acids is 1. The van der Waals surface area contributed by atoms with E-state index in [1.54, 1.807) is 6.07 Å². The van der Waals surface area contributed by atoms with E-state index in [0.29, 0.717) is 6.04 Å². The summed E-state index contributed by atoms with van der Waals surface area (Å²) in [7, 11) is 0. The highest BCUT2D eigenvalue weighted by atomic mass is 16.6. The molecule has 8 nitrogen and oxygen atoms in total. The third-order valence-corrected chi connectivity index (χ3v) is 4.90. The van der Waals surface area contributed by atoms with Gasteiger partial charge in [-0.15, -0.1) is 0 Å². The number of nitrogens with zero attached hydrogens (tertiary/aromatic N) is 4. The Labute approximate surface area is 153 Å². The summed E-state index contributed by atoms with van der Waals surface area (Å²) in [5.74, 6) is 0.675. The van der Waals surface area contributed by atoms with Crippen molar-refractivity contribution in [1.82, 2.24) is 9.88 Å². The molecule has 2 aliphatic rings. The van der Waals surface area contributed by atoms with Crippen molar-refractivity contribution >= 4 is 17.5 Å². The van der Waals surface area contributed by atoms with Crippen LogP contribution >= 0.6 is 0 Å². The molecule has 0 spiro atoms. The second-order valence-corrected chi connectivity index (χ2v) is 8.03. The smallest absolute Gasteiger partial charge is 0.312 e. The number of ether oxygens (including phenoxy) is 1. The van der Waals surface area contributed by atoms with Gasteiger partial charge in [-0.25, -0.2) is 4.98 Å². The minimum atomic E-state index is -0.437. The number of hydrogen-bond acceptors (Lipinski definition) is 7. The minimum Gasteiger partial charge on any atom is -0.460 e. The second kappa shape index (κ2) is 7.19. The molecule has 0 aliphatic carbocycles. The van der Waals surface area contributed by atoms with E-state index < -0.39 is 10.5 Å². The van der Waals surface area contributed by atoms with Gasteiger partial charge in [-0.3, -0.25) is 19.8 Å². The summed E-state index contributed by atoms with van der Waals surface area (Å²) in [6, 6.07) is 3.68. The predicted octanol–water partition coefficient (Wildman–Crippen LogP) is 2.23. The first-order valence-corrected chi connectivity index (χ1v) is 9.05. The van der Waals surface area contributed by atoms with Gasteiger partial charge < -0.3 is 9.64 Å². The fraction of sp³-hybridized carbons (Fsp3) is 0.667. The third-order valence-electron chi connectivity index (χ3n) is 4.90. The Hall–Kier alpha value is -2.22. The van der Waals surface area contributed by atoms with E-state index in [9.17, 15) is 14.9 Å². The fourth-order valence-electron chi connectivity index (χ4n) is 3.48. The van der Waals surface area contributed by atoms with Crippen molar-refractivity contribution < 1.29 is 14.5 Å². The highest BCUT2D eigenvalue weighted by Gasteiger charge is 2.39. The molecule has 2 fully saturated rings. The summed E-state index contributed by atoms with van der Waals surface area (Å²) in [5, 5.41) is 10.7. The topological polar surface area (TPSA) is 88.8 Å². The average molecular weight is 362 g/mol. The first-order valence-electron chi connectivity index (χ1n) is 9.05. The molecule has 0 aromatic carbocycles. The number of likely N-dealkylation sites (tertiary alicyclic amines) is 1. The number of anilines is 1. The van der Waals surface area contributed by atoms with Crippen LogP contribution in [0, 0.1) is 16.0 Å². The van der Waals surface area contributed by atoms with Crippen LogP contribution in [-0.2, 0) is 9.53 Å². The molecule has 0 atom stereocenters. The molecule has 3 rings (SSSR count). The Morgan fingerprint density at radius 2 is 1.92 bits per heavy atom. The van der Waals surface area contributed by atoms with E-state index in [-0.39, 0.29) is 17.6 Å². The molecule has 0 N–H and O–H groups in total. The summed E-state index contributed by atoms with van der Waals surface area (Å²) >= 11 is 0. The lowest BCUT2D eigenvalue weighted by molar-refractivity contribution is -0.385. The Morgan fingerprint density at radius 3 is 2.42 bits per heavy atom. The molecule has 0 radical (unpaired) electrons. The monoisotopic (exact) mass is 362 g/mol. The van der Waals surface area contributed by atoms with Crippen molar-refractivity contribution in [1.29, 1.82) is 0 Å². The van der Waals surface area contributed by atoms with Gasteiger partial charge in [0, 0.05) is 38.3 Å². The van der Waals surface area contributed by atoms with E-state index in [4.69, 9.17) is 4.74 Å². The molecule has 26 heavy (non-hydrogen) atoms. The van der Waals surface area contributed by atoms with E-state index >= 15 is 0 Å². The Bertz CT molecular complexity index is 657. The van der Waals surface area contributed by atoms with E-state index in [0.717, 1.165) is 44.8 Å². The standard InChI is InChI=1S/C18H26N4O4/c1-18(2,3)26-17(23)13-11-21(12-13)14-6-8-20(9-7-14)16-5-4-15(10-19-16)22(24)25/h4-5,10,13-14H,6-9,11-12H2,1-3H3. The van der Waals surface area contributed by atoms with Crippen molar-refractivity contribution in [2.75, 3.05) is 31.1 Å². The SMILES string of the molecule is CC(C)(C)OC(=O)C1CN(C2CCN(c3ccc([N+](=O)[O-])cn3)CC2)C1. The molecular weight excluding hydrogens is 336 g/mol. The van der Waals surface area contributed by atoms with Gasteiger partial charge in [0.2, 0.25) is 0 Å². The van der Waals surface area contributed by atoms with Crippen molar-refractivity contribution in [3.8, 4) is 0 Å². The maximum atomic E-state index is 12.1. The van der Waals surface area contributed by atoms with Crippen LogP contribution in [-0.4, -0.2) is 58.6 Å². The normalized spacial score (nSPS) is 19.9. The molecule has 1 aromatic heterocycles. The van der Waals surface area contributed by atoms with E-state index in [1.807, 2.05) is 20.8 Å². The Morgan fingerprint density at radius 1 is 1.27 bits per heavy atom. The van der Waals surface area contributed by atoms with Gasteiger partial charge in [0.05, 0.1) is 10.8 Å². The summed E-state index contributed by atoms with van der Waals surface area (Å²) in [6.45, 7) is 8.95. The van der Waals surface area contributed by atoms with Crippen LogP contribution in [0.15, 0.2) is 18.3 Å². The van der Waals surface area contributed by atoms with Crippen LogP contribution in [0.4, 0.5) is 11.5 Å². The molecule has 0 bridgehead atoms. The van der Waals surface area contributed by atoms with E-state index in [2.05, 4.69) is 14.8 Å². The first kappa shape index (κ1) is 18.6. The number of rotatable bonds is 4. The van der Waals surface area contributed by atoms with Gasteiger partial charge in [0.25, 0.3) is 5.69 Å². The maximum Gasteiger partial charge on any atom is 0.312 e. The lowest BCUT2D eigenvalue weighted by atomic mass is 9.93. The predicted molar refractivity (Wildman–Crippen MR) is 97.0 cm³/mol. The lowest BCUT2D eigenvalue weighted by Crippen LogP contribution is -2.58. The highest BCUT2D eigenvalue weighted by molar-refractivity contribution is 5.74. The van der Waals surface area contributed by atoms with Crippen molar-refractivity contribution in [3.05, 3.63) is 28.4 Å². The maximum absolute atomic E-state index is 12.1. The largest absolute Gasteiger partial charge is 0.460 e. The number of esters is 1. The zero-order valence-electron chi connectivity index (χ0n) is 15.6. The van der Waals surface area contributed by atoms with Crippen molar-refractivity contribution in [2.45, 2.75) is 45.3 Å². The van der Waals surface area contributed by atoms with Gasteiger partial charge in [-0.1, -0.05) is 0 Å². The van der Waals surface area contributed by atoms with Gasteiger partial charge in [0.1, 0.15) is 17.6 Å². The third kappa shape index (κ3) is 4.30. The van der Waals surface area contributed by atoms with Crippen molar-refractivity contribution in [2.24, 2.45) is 5.92 Å². The Kier molecular flexibility index (Phi) is 5.13. The molecule has 3 heterocycles. The van der Waals surface area contributed by atoms with Crippen LogP contribution < -0.4 is 4.90 Å². The zero-order valence-corrected chi connectivity index (χ0v) is 15.6. The fourth-order valence-corrected chi connectivity index (χ4v) is 3.48. The molecule has 142 valence electrons. The van der Waals surface area contributed by atoms with Gasteiger partial charge in [-0.2, -0.15) is 0 Å². The van der Waals surface area contributed by atoms with E-state index in [1.165, 1.54) is 12.3 Å². The molecule has 0 unspecified atom stereocenters. The Balaban J connectivity index is 1.45. The number of piperidine rings is 1. The number of pyridine rings is 1. The van der Waals surface area contributed by atoms with Crippen LogP contribution in [0.1, 0.15) is 33.6 Å². The van der Waals surface area contributed by atoms with Gasteiger partial charge in [-0.05, 0) is 39.7 Å². The molecule has 8 heteroatoms. The molecule has 0 saturated carbocycles. The zero-order chi connectivity index (χ0) is 18.9. The number of nitro groups is 1. The van der Waals surface area contributed by atoms with Crippen LogP contribution in [0.2, 0.25) is 0 Å². The first-order chi connectivity index (χ1) is 12.2. The van der Waals surface area contributed by atoms with Gasteiger partial charge in [0.15, 0.2) is 0 Å². The number of aromatic nitrogens is 1. The molecule has 1 aromatic rings. The van der Waals surface area contributed by atoms with Crippen LogP contribution in [0.5, 0.6) is 0 Å². The summed E-state index contributed by atoms with van der Waals surface area (Å²) in [5.41, 5.74) is -0.418. The molecule has 2 saturated heterocycles. The molecular formula is C18H26N4O4. The van der Waals surface area contributed by atoms with Crippen LogP contribution in [0.3, 0.4) is 0 Å². The number of hydrogen-bond donors (Lipinski definition) is 0. The summed E-state index contributed by atoms with van der Waals surface area (Å²) in [6.07, 6.45) is 3.31. The quantitative estimate of drug-likeness (QED) is 0.461. The highest BCUT2D eigenvalue weighted by Crippen LogP contribution is 2.28.